The Balaban J connectivity index is 1.69. The summed E-state index contributed by atoms with van der Waals surface area (Å²) in [6, 6.07) is 7.85. The number of para-hydroxylation sites is 1. The largest absolute Gasteiger partial charge is 0.468 e. The standard InChI is InChI=1S/C21H22N2O4/c1-3-21-16(27-21)13-10-20(19(25)26-2)15-12(8-9-23(17(13)24)18(20)21)11-6-4-5-7-14(11)22-15/h4-7,13,16,18,22H,3,8-10H2,1-2H3/t13-,16?,18?,20?,21+/m1/s1. The lowest BCUT2D eigenvalue weighted by atomic mass is 9.56. The van der Waals surface area contributed by atoms with Gasteiger partial charge in [-0.1, -0.05) is 25.1 Å². The van der Waals surface area contributed by atoms with Crippen molar-refractivity contribution in [2.24, 2.45) is 5.92 Å². The molecule has 1 aromatic carbocycles. The summed E-state index contributed by atoms with van der Waals surface area (Å²) in [6.45, 7) is 2.71. The minimum atomic E-state index is -0.888. The fourth-order valence-corrected chi connectivity index (χ4v) is 6.42. The number of carbonyl (C=O) groups excluding carboxylic acids is 2. The summed E-state index contributed by atoms with van der Waals surface area (Å²) in [6.07, 6.45) is 1.93. The summed E-state index contributed by atoms with van der Waals surface area (Å²) in [5, 5.41) is 1.13. The molecule has 0 spiro atoms. The van der Waals surface area contributed by atoms with Gasteiger partial charge in [0.05, 0.1) is 19.1 Å². The molecule has 1 amide bonds. The normalized spacial score (nSPS) is 38.4. The SMILES string of the molecule is CC[C@]12OC1[C@H]1CC3(C(=O)OC)c4[nH]c5ccccc5c4CCN(C1=O)C32. The molecule has 1 N–H and O–H groups in total. The number of piperidine rings is 2. The number of fused-ring (bicyclic) bond motifs is 3. The Bertz CT molecular complexity index is 1010. The van der Waals surface area contributed by atoms with Gasteiger partial charge in [0, 0.05) is 23.1 Å². The first-order valence-corrected chi connectivity index (χ1v) is 9.75. The summed E-state index contributed by atoms with van der Waals surface area (Å²) < 4.78 is 11.6. The average Bonchev–Trinajstić information content (AvgIpc) is 3.37. The number of methoxy groups -OCH3 is 1. The number of H-pyrrole nitrogens is 1. The maximum Gasteiger partial charge on any atom is 0.320 e. The van der Waals surface area contributed by atoms with Crippen LogP contribution in [0.1, 0.15) is 31.0 Å². The monoisotopic (exact) mass is 366 g/mol. The second-order valence-corrected chi connectivity index (χ2v) is 8.33. The molecule has 1 saturated carbocycles. The molecule has 6 nitrogen and oxygen atoms in total. The van der Waals surface area contributed by atoms with Crippen LogP contribution >= 0.6 is 0 Å². The summed E-state index contributed by atoms with van der Waals surface area (Å²) >= 11 is 0. The smallest absolute Gasteiger partial charge is 0.320 e. The number of epoxide rings is 1. The molecule has 27 heavy (non-hydrogen) atoms. The molecule has 4 bridgehead atoms. The van der Waals surface area contributed by atoms with Crippen molar-refractivity contribution in [2.45, 2.75) is 49.3 Å². The van der Waals surface area contributed by atoms with E-state index in [2.05, 4.69) is 18.0 Å². The van der Waals surface area contributed by atoms with E-state index >= 15 is 0 Å². The molecular formula is C21H22N2O4. The molecule has 5 atom stereocenters. The first-order chi connectivity index (χ1) is 13.1. The maximum atomic E-state index is 13.4. The molecule has 6 heteroatoms. The van der Waals surface area contributed by atoms with E-state index in [0.717, 1.165) is 35.0 Å². The minimum Gasteiger partial charge on any atom is -0.468 e. The molecular weight excluding hydrogens is 344 g/mol. The molecule has 3 saturated heterocycles. The van der Waals surface area contributed by atoms with E-state index in [1.807, 2.05) is 23.1 Å². The van der Waals surface area contributed by atoms with E-state index in [0.29, 0.717) is 13.0 Å². The number of carbonyl (C=O) groups is 2. The highest BCUT2D eigenvalue weighted by Crippen LogP contribution is 2.65. The Kier molecular flexibility index (Phi) is 2.75. The molecule has 3 unspecified atom stereocenters. The molecule has 4 fully saturated rings. The number of esters is 1. The second kappa shape index (κ2) is 4.73. The van der Waals surface area contributed by atoms with Gasteiger partial charge in [0.1, 0.15) is 17.1 Å². The number of amides is 1. The van der Waals surface area contributed by atoms with Gasteiger partial charge >= 0.3 is 5.97 Å². The maximum absolute atomic E-state index is 13.4. The fourth-order valence-electron chi connectivity index (χ4n) is 6.42. The van der Waals surface area contributed by atoms with Crippen molar-refractivity contribution in [1.29, 1.82) is 0 Å². The molecule has 7 rings (SSSR count). The zero-order valence-corrected chi connectivity index (χ0v) is 15.5. The van der Waals surface area contributed by atoms with Crippen LogP contribution in [0.15, 0.2) is 24.3 Å². The highest BCUT2D eigenvalue weighted by molar-refractivity contribution is 5.96. The van der Waals surface area contributed by atoms with Crippen LogP contribution in [0.4, 0.5) is 0 Å². The number of hydrogen-bond acceptors (Lipinski definition) is 4. The summed E-state index contributed by atoms with van der Waals surface area (Å²) in [7, 11) is 1.45. The predicted octanol–water partition coefficient (Wildman–Crippen LogP) is 1.91. The first kappa shape index (κ1) is 15.7. The first-order valence-electron chi connectivity index (χ1n) is 9.75. The van der Waals surface area contributed by atoms with Crippen LogP contribution in [0, 0.1) is 5.92 Å². The number of hydrogen-bond donors (Lipinski definition) is 1. The molecule has 1 aromatic heterocycles. The van der Waals surface area contributed by atoms with Crippen molar-refractivity contribution in [3.05, 3.63) is 35.5 Å². The van der Waals surface area contributed by atoms with Crippen LogP contribution < -0.4 is 0 Å². The second-order valence-electron chi connectivity index (χ2n) is 8.33. The van der Waals surface area contributed by atoms with Crippen LogP contribution in [-0.4, -0.2) is 53.2 Å². The van der Waals surface area contributed by atoms with Gasteiger partial charge in [0.25, 0.3) is 0 Å². The van der Waals surface area contributed by atoms with E-state index in [4.69, 9.17) is 9.47 Å². The minimum absolute atomic E-state index is 0.0556. The third-order valence-corrected chi connectivity index (χ3v) is 7.48. The molecule has 5 aliphatic rings. The molecule has 1 aliphatic carbocycles. The van der Waals surface area contributed by atoms with Gasteiger partial charge in [0.2, 0.25) is 5.91 Å². The van der Waals surface area contributed by atoms with Crippen molar-refractivity contribution >= 4 is 22.8 Å². The number of ether oxygens (including phenoxy) is 2. The summed E-state index contributed by atoms with van der Waals surface area (Å²) in [5.74, 6) is -0.390. The van der Waals surface area contributed by atoms with Crippen molar-refractivity contribution < 1.29 is 19.1 Å². The fraction of sp³-hybridized carbons (Fsp3) is 0.524. The van der Waals surface area contributed by atoms with Crippen molar-refractivity contribution in [1.82, 2.24) is 9.88 Å². The Labute approximate surface area is 156 Å². The van der Waals surface area contributed by atoms with Crippen LogP contribution in [0.3, 0.4) is 0 Å². The Morgan fingerprint density at radius 2 is 2.22 bits per heavy atom. The highest BCUT2D eigenvalue weighted by Gasteiger charge is 2.81. The number of nitrogens with one attached hydrogen (secondary N) is 1. The van der Waals surface area contributed by atoms with Gasteiger partial charge in [-0.3, -0.25) is 9.59 Å². The number of nitrogens with zero attached hydrogens (tertiary/aromatic N) is 1. The number of aromatic amines is 1. The lowest BCUT2D eigenvalue weighted by Gasteiger charge is -2.54. The lowest BCUT2D eigenvalue weighted by Crippen LogP contribution is -2.73. The number of rotatable bonds is 2. The zero-order chi connectivity index (χ0) is 18.6. The summed E-state index contributed by atoms with van der Waals surface area (Å²) in [4.78, 5) is 32.0. The van der Waals surface area contributed by atoms with Gasteiger partial charge in [0.15, 0.2) is 0 Å². The molecule has 140 valence electrons. The van der Waals surface area contributed by atoms with Crippen molar-refractivity contribution in [3.63, 3.8) is 0 Å². The molecule has 0 radical (unpaired) electrons. The van der Waals surface area contributed by atoms with Crippen LogP contribution in [0.25, 0.3) is 10.9 Å². The van der Waals surface area contributed by atoms with Gasteiger partial charge in [-0.05, 0) is 30.9 Å². The molecule has 4 aliphatic heterocycles. The number of aromatic nitrogens is 1. The van der Waals surface area contributed by atoms with Crippen molar-refractivity contribution in [3.8, 4) is 0 Å². The Hall–Kier alpha value is -2.34. The van der Waals surface area contributed by atoms with Gasteiger partial charge < -0.3 is 19.4 Å². The van der Waals surface area contributed by atoms with E-state index in [1.165, 1.54) is 7.11 Å². The highest BCUT2D eigenvalue weighted by atomic mass is 16.6. The van der Waals surface area contributed by atoms with Gasteiger partial charge in [-0.25, -0.2) is 0 Å². The molecule has 2 aromatic rings. The Morgan fingerprint density at radius 3 is 3.00 bits per heavy atom. The van der Waals surface area contributed by atoms with E-state index in [9.17, 15) is 9.59 Å². The molecule has 5 heterocycles. The third kappa shape index (κ3) is 1.55. The zero-order valence-electron chi connectivity index (χ0n) is 15.5. The quantitative estimate of drug-likeness (QED) is 0.651. The predicted molar refractivity (Wildman–Crippen MR) is 97.2 cm³/mol. The lowest BCUT2D eigenvalue weighted by molar-refractivity contribution is -0.168. The van der Waals surface area contributed by atoms with Gasteiger partial charge in [-0.2, -0.15) is 0 Å². The van der Waals surface area contributed by atoms with Gasteiger partial charge in [-0.15, -0.1) is 0 Å². The van der Waals surface area contributed by atoms with Crippen LogP contribution in [0.2, 0.25) is 0 Å². The van der Waals surface area contributed by atoms with Crippen LogP contribution in [0.5, 0.6) is 0 Å². The van der Waals surface area contributed by atoms with E-state index in [-0.39, 0.29) is 29.9 Å². The van der Waals surface area contributed by atoms with Crippen molar-refractivity contribution in [2.75, 3.05) is 13.7 Å². The summed E-state index contributed by atoms with van der Waals surface area (Å²) in [5.41, 5.74) is 1.79. The Morgan fingerprint density at radius 1 is 1.41 bits per heavy atom. The van der Waals surface area contributed by atoms with Crippen LogP contribution in [-0.2, 0) is 30.9 Å². The number of benzene rings is 1. The van der Waals surface area contributed by atoms with E-state index in [1.54, 1.807) is 0 Å². The third-order valence-electron chi connectivity index (χ3n) is 7.48. The average molecular weight is 366 g/mol. The van der Waals surface area contributed by atoms with E-state index < -0.39 is 11.0 Å². The topological polar surface area (TPSA) is 74.9 Å².